The van der Waals surface area contributed by atoms with Crippen molar-refractivity contribution in [1.82, 2.24) is 4.90 Å². The molecule has 2 N–H and O–H groups in total. The van der Waals surface area contributed by atoms with Gasteiger partial charge in [0.2, 0.25) is 11.8 Å². The Morgan fingerprint density at radius 3 is 2.30 bits per heavy atom. The molecule has 2 amide bonds. The van der Waals surface area contributed by atoms with Gasteiger partial charge >= 0.3 is 6.18 Å². The summed E-state index contributed by atoms with van der Waals surface area (Å²) in [4.78, 5) is 25.7. The summed E-state index contributed by atoms with van der Waals surface area (Å²) in [6.07, 6.45) is -4.66. The molecule has 5 nitrogen and oxygen atoms in total. The number of carbonyl (C=O) groups excluding carboxylic acids is 2. The number of rotatable bonds is 8. The number of amides is 2. The number of nitrogens with one attached hydrogen (secondary N) is 2. The quantitative estimate of drug-likeness (QED) is 0.616. The van der Waals surface area contributed by atoms with E-state index in [4.69, 9.17) is 0 Å². The van der Waals surface area contributed by atoms with E-state index in [-0.39, 0.29) is 30.9 Å². The number of benzene rings is 2. The predicted molar refractivity (Wildman–Crippen MR) is 102 cm³/mol. The van der Waals surface area contributed by atoms with Gasteiger partial charge < -0.3 is 10.6 Å². The normalized spacial score (nSPS) is 11.4. The molecular formula is C20H20F5N3O2. The average molecular weight is 429 g/mol. The molecule has 0 aliphatic carbocycles. The summed E-state index contributed by atoms with van der Waals surface area (Å²) < 4.78 is 65.1. The third-order valence-electron chi connectivity index (χ3n) is 4.18. The molecule has 0 aliphatic rings. The Morgan fingerprint density at radius 2 is 1.67 bits per heavy atom. The third-order valence-corrected chi connectivity index (χ3v) is 4.18. The first-order valence-corrected chi connectivity index (χ1v) is 9.03. The summed E-state index contributed by atoms with van der Waals surface area (Å²) in [5.74, 6) is -3.28. The molecule has 0 fully saturated rings. The monoisotopic (exact) mass is 429 g/mol. The van der Waals surface area contributed by atoms with Gasteiger partial charge in [-0.1, -0.05) is 19.1 Å². The molecule has 2 rings (SSSR count). The second-order valence-corrected chi connectivity index (χ2v) is 6.39. The lowest BCUT2D eigenvalue weighted by Gasteiger charge is -2.20. The zero-order valence-corrected chi connectivity index (χ0v) is 16.0. The number of para-hydroxylation sites is 1. The van der Waals surface area contributed by atoms with Crippen molar-refractivity contribution in [3.8, 4) is 0 Å². The number of hydrogen-bond donors (Lipinski definition) is 2. The molecule has 0 saturated carbocycles. The van der Waals surface area contributed by atoms with Crippen LogP contribution in [0, 0.1) is 11.6 Å². The van der Waals surface area contributed by atoms with Crippen LogP contribution in [0.3, 0.4) is 0 Å². The van der Waals surface area contributed by atoms with Crippen molar-refractivity contribution in [3.05, 3.63) is 59.7 Å². The summed E-state index contributed by atoms with van der Waals surface area (Å²) in [6.45, 7) is 2.01. The number of anilines is 2. The zero-order valence-electron chi connectivity index (χ0n) is 16.0. The second-order valence-electron chi connectivity index (χ2n) is 6.39. The minimum Gasteiger partial charge on any atom is -0.326 e. The second kappa shape index (κ2) is 10.1. The number of carbonyl (C=O) groups is 2. The van der Waals surface area contributed by atoms with Gasteiger partial charge in [0, 0.05) is 24.7 Å². The Kier molecular flexibility index (Phi) is 7.87. The first kappa shape index (κ1) is 23.3. The summed E-state index contributed by atoms with van der Waals surface area (Å²) in [7, 11) is 0. The SMILES string of the molecule is CCN(CCC(=O)Nc1ccc(F)c(F)c1)CC(=O)Nc1ccccc1C(F)(F)F. The van der Waals surface area contributed by atoms with Gasteiger partial charge in [-0.05, 0) is 30.8 Å². The zero-order chi connectivity index (χ0) is 22.3. The van der Waals surface area contributed by atoms with Crippen LogP contribution in [0.2, 0.25) is 0 Å². The molecule has 0 spiro atoms. The van der Waals surface area contributed by atoms with E-state index in [2.05, 4.69) is 10.6 Å². The predicted octanol–water partition coefficient (Wildman–Crippen LogP) is 4.27. The van der Waals surface area contributed by atoms with Crippen LogP contribution in [0.1, 0.15) is 18.9 Å². The molecule has 0 heterocycles. The highest BCUT2D eigenvalue weighted by molar-refractivity contribution is 5.93. The molecule has 10 heteroatoms. The molecule has 2 aromatic rings. The Hall–Kier alpha value is -3.01. The highest BCUT2D eigenvalue weighted by Gasteiger charge is 2.33. The average Bonchev–Trinajstić information content (AvgIpc) is 2.67. The van der Waals surface area contributed by atoms with Gasteiger partial charge in [-0.3, -0.25) is 14.5 Å². The Bertz CT molecular complexity index is 902. The Balaban J connectivity index is 1.89. The molecule has 0 bridgehead atoms. The number of likely N-dealkylation sites (N-methyl/N-ethyl adjacent to an activating group) is 1. The highest BCUT2D eigenvalue weighted by atomic mass is 19.4. The minimum absolute atomic E-state index is 0.0563. The van der Waals surface area contributed by atoms with Gasteiger partial charge in [-0.2, -0.15) is 13.2 Å². The van der Waals surface area contributed by atoms with Crippen LogP contribution in [-0.4, -0.2) is 36.3 Å². The summed E-state index contributed by atoms with van der Waals surface area (Å²) in [6, 6.07) is 7.57. The topological polar surface area (TPSA) is 61.4 Å². The highest BCUT2D eigenvalue weighted by Crippen LogP contribution is 2.34. The molecule has 0 atom stereocenters. The number of nitrogens with zero attached hydrogens (tertiary/aromatic N) is 1. The lowest BCUT2D eigenvalue weighted by atomic mass is 10.1. The van der Waals surface area contributed by atoms with E-state index in [9.17, 15) is 31.5 Å². The smallest absolute Gasteiger partial charge is 0.326 e. The van der Waals surface area contributed by atoms with Crippen molar-refractivity contribution in [2.75, 3.05) is 30.3 Å². The van der Waals surface area contributed by atoms with E-state index in [1.54, 1.807) is 11.8 Å². The lowest BCUT2D eigenvalue weighted by Crippen LogP contribution is -2.35. The van der Waals surface area contributed by atoms with Crippen LogP contribution >= 0.6 is 0 Å². The van der Waals surface area contributed by atoms with Crippen LogP contribution < -0.4 is 10.6 Å². The molecule has 30 heavy (non-hydrogen) atoms. The van der Waals surface area contributed by atoms with Gasteiger partial charge in [0.15, 0.2) is 11.6 Å². The fraction of sp³-hybridized carbons (Fsp3) is 0.300. The standard InChI is InChI=1S/C20H20F5N3O2/c1-2-28(10-9-18(29)26-13-7-8-15(21)16(22)11-13)12-19(30)27-17-6-4-3-5-14(17)20(23,24)25/h3-8,11H,2,9-10,12H2,1H3,(H,26,29)(H,27,30). The van der Waals surface area contributed by atoms with Crippen molar-refractivity contribution in [1.29, 1.82) is 0 Å². The molecule has 0 aliphatic heterocycles. The van der Waals surface area contributed by atoms with Crippen LogP contribution in [0.4, 0.5) is 33.3 Å². The molecular weight excluding hydrogens is 409 g/mol. The third kappa shape index (κ3) is 6.80. The van der Waals surface area contributed by atoms with Crippen molar-refractivity contribution in [2.45, 2.75) is 19.5 Å². The maximum absolute atomic E-state index is 13.2. The van der Waals surface area contributed by atoms with Gasteiger partial charge in [0.05, 0.1) is 17.8 Å². The van der Waals surface area contributed by atoms with Gasteiger partial charge in [0.1, 0.15) is 0 Å². The maximum atomic E-state index is 13.2. The Morgan fingerprint density at radius 1 is 0.967 bits per heavy atom. The fourth-order valence-corrected chi connectivity index (χ4v) is 2.64. The van der Waals surface area contributed by atoms with Crippen LogP contribution in [0.25, 0.3) is 0 Å². The van der Waals surface area contributed by atoms with Crippen LogP contribution in [-0.2, 0) is 15.8 Å². The van der Waals surface area contributed by atoms with Crippen molar-refractivity contribution < 1.29 is 31.5 Å². The summed E-state index contributed by atoms with van der Waals surface area (Å²) >= 11 is 0. The van der Waals surface area contributed by atoms with E-state index < -0.39 is 35.2 Å². The van der Waals surface area contributed by atoms with E-state index in [0.717, 1.165) is 24.3 Å². The van der Waals surface area contributed by atoms with Crippen LogP contribution in [0.5, 0.6) is 0 Å². The molecule has 0 aromatic heterocycles. The number of halogens is 5. The molecule has 2 aromatic carbocycles. The van der Waals surface area contributed by atoms with E-state index in [1.807, 2.05) is 0 Å². The molecule has 162 valence electrons. The maximum Gasteiger partial charge on any atom is 0.418 e. The molecule has 0 saturated heterocycles. The molecule has 0 radical (unpaired) electrons. The van der Waals surface area contributed by atoms with Crippen molar-refractivity contribution in [2.24, 2.45) is 0 Å². The van der Waals surface area contributed by atoms with Crippen molar-refractivity contribution in [3.63, 3.8) is 0 Å². The van der Waals surface area contributed by atoms with Crippen LogP contribution in [0.15, 0.2) is 42.5 Å². The van der Waals surface area contributed by atoms with Gasteiger partial charge in [0.25, 0.3) is 0 Å². The number of hydrogen-bond acceptors (Lipinski definition) is 3. The fourth-order valence-electron chi connectivity index (χ4n) is 2.64. The summed E-state index contributed by atoms with van der Waals surface area (Å²) in [5.41, 5.74) is -1.21. The van der Waals surface area contributed by atoms with E-state index in [0.29, 0.717) is 6.54 Å². The first-order chi connectivity index (χ1) is 14.1. The first-order valence-electron chi connectivity index (χ1n) is 9.03. The number of alkyl halides is 3. The largest absolute Gasteiger partial charge is 0.418 e. The van der Waals surface area contributed by atoms with Crippen molar-refractivity contribution >= 4 is 23.2 Å². The van der Waals surface area contributed by atoms with Gasteiger partial charge in [-0.15, -0.1) is 0 Å². The lowest BCUT2D eigenvalue weighted by molar-refractivity contribution is -0.137. The molecule has 0 unspecified atom stereocenters. The minimum atomic E-state index is -4.60. The van der Waals surface area contributed by atoms with E-state index >= 15 is 0 Å². The van der Waals surface area contributed by atoms with Gasteiger partial charge in [-0.25, -0.2) is 8.78 Å². The van der Waals surface area contributed by atoms with E-state index in [1.165, 1.54) is 18.2 Å². The Labute approximate surface area is 169 Å². The summed E-state index contributed by atoms with van der Waals surface area (Å²) in [5, 5.41) is 4.65.